The third-order valence-electron chi connectivity index (χ3n) is 5.56. The molecule has 0 fully saturated rings. The third-order valence-corrected chi connectivity index (χ3v) is 5.56. The minimum Gasteiger partial charge on any atom is -0.494 e. The Morgan fingerprint density at radius 1 is 1.13 bits per heavy atom. The lowest BCUT2D eigenvalue weighted by Crippen LogP contribution is -2.33. The molecule has 2 heterocycles. The van der Waals surface area contributed by atoms with Gasteiger partial charge in [0.05, 0.1) is 23.3 Å². The van der Waals surface area contributed by atoms with Gasteiger partial charge in [-0.2, -0.15) is 5.10 Å². The van der Waals surface area contributed by atoms with E-state index in [2.05, 4.69) is 0 Å². The monoisotopic (exact) mass is 415 g/mol. The molecule has 0 saturated carbocycles. The quantitative estimate of drug-likeness (QED) is 0.421. The van der Waals surface area contributed by atoms with Gasteiger partial charge in [-0.3, -0.25) is 10.1 Å². The molecule has 3 aromatic rings. The second-order valence-electron chi connectivity index (χ2n) is 7.46. The molecule has 5 rings (SSSR count). The SMILES string of the molecule is CCOc1ccc(C2=NN3C(C2)c2ccccc2OC3c2cccc([N+](=O)[O-])c2)cc1. The zero-order valence-corrected chi connectivity index (χ0v) is 17.0. The van der Waals surface area contributed by atoms with Crippen molar-refractivity contribution in [3.05, 3.63) is 99.6 Å². The highest BCUT2D eigenvalue weighted by Crippen LogP contribution is 2.47. The first-order valence-electron chi connectivity index (χ1n) is 10.2. The summed E-state index contributed by atoms with van der Waals surface area (Å²) in [6.07, 6.45) is 0.180. The summed E-state index contributed by atoms with van der Waals surface area (Å²) in [6, 6.07) is 22.4. The molecule has 2 atom stereocenters. The molecule has 7 heteroatoms. The second-order valence-corrected chi connectivity index (χ2v) is 7.46. The normalized spacial score (nSPS) is 19.1. The number of hydrogen-bond donors (Lipinski definition) is 0. The standard InChI is InChI=1S/C24H21N3O4/c1-2-30-19-12-10-16(11-13-19)21-15-22-20-8-3-4-9-23(20)31-24(26(22)25-21)17-6-5-7-18(14-17)27(28)29/h3-14,22,24H,2,15H2,1H3. The predicted octanol–water partition coefficient (Wildman–Crippen LogP) is 5.24. The Morgan fingerprint density at radius 3 is 2.71 bits per heavy atom. The maximum absolute atomic E-state index is 11.3. The second kappa shape index (κ2) is 7.75. The Labute approximate surface area is 179 Å². The average molecular weight is 415 g/mol. The first kappa shape index (κ1) is 19.1. The summed E-state index contributed by atoms with van der Waals surface area (Å²) in [7, 11) is 0. The van der Waals surface area contributed by atoms with Gasteiger partial charge in [0.25, 0.3) is 5.69 Å². The van der Waals surface area contributed by atoms with Gasteiger partial charge in [0.2, 0.25) is 6.23 Å². The zero-order chi connectivity index (χ0) is 21.4. The van der Waals surface area contributed by atoms with Crippen LogP contribution >= 0.6 is 0 Å². The maximum atomic E-state index is 11.3. The van der Waals surface area contributed by atoms with Crippen LogP contribution in [0.3, 0.4) is 0 Å². The number of benzene rings is 3. The van der Waals surface area contributed by atoms with Crippen molar-refractivity contribution in [1.82, 2.24) is 5.01 Å². The van der Waals surface area contributed by atoms with Crippen LogP contribution in [0.15, 0.2) is 77.9 Å². The summed E-state index contributed by atoms with van der Waals surface area (Å²) < 4.78 is 11.8. The van der Waals surface area contributed by atoms with Crippen molar-refractivity contribution < 1.29 is 14.4 Å². The van der Waals surface area contributed by atoms with Crippen molar-refractivity contribution in [3.8, 4) is 11.5 Å². The van der Waals surface area contributed by atoms with Crippen LogP contribution in [0.25, 0.3) is 0 Å². The van der Waals surface area contributed by atoms with Gasteiger partial charge < -0.3 is 9.47 Å². The minimum absolute atomic E-state index is 0.00391. The van der Waals surface area contributed by atoms with E-state index in [1.807, 2.05) is 66.5 Å². The summed E-state index contributed by atoms with van der Waals surface area (Å²) in [5.41, 5.74) is 3.77. The van der Waals surface area contributed by atoms with E-state index in [1.54, 1.807) is 12.1 Å². The van der Waals surface area contributed by atoms with Crippen molar-refractivity contribution in [2.75, 3.05) is 6.61 Å². The molecule has 0 aromatic heterocycles. The highest BCUT2D eigenvalue weighted by Gasteiger charge is 2.41. The van der Waals surface area contributed by atoms with E-state index in [4.69, 9.17) is 14.6 Å². The Balaban J connectivity index is 1.54. The molecule has 0 spiro atoms. The third kappa shape index (κ3) is 3.48. The smallest absolute Gasteiger partial charge is 0.269 e. The number of ether oxygens (including phenoxy) is 2. The largest absolute Gasteiger partial charge is 0.494 e. The molecule has 2 unspecified atom stereocenters. The number of non-ortho nitro benzene ring substituents is 1. The molecule has 7 nitrogen and oxygen atoms in total. The van der Waals surface area contributed by atoms with Gasteiger partial charge in [0.15, 0.2) is 0 Å². The number of hydrogen-bond acceptors (Lipinski definition) is 6. The molecule has 0 saturated heterocycles. The number of nitrogens with zero attached hydrogens (tertiary/aromatic N) is 3. The summed E-state index contributed by atoms with van der Waals surface area (Å²) >= 11 is 0. The van der Waals surface area contributed by atoms with Crippen LogP contribution in [-0.2, 0) is 0 Å². The molecule has 0 aliphatic carbocycles. The maximum Gasteiger partial charge on any atom is 0.269 e. The van der Waals surface area contributed by atoms with Crippen molar-refractivity contribution in [2.45, 2.75) is 25.6 Å². The van der Waals surface area contributed by atoms with Crippen LogP contribution in [-0.4, -0.2) is 22.3 Å². The molecule has 0 N–H and O–H groups in total. The molecular weight excluding hydrogens is 394 g/mol. The van der Waals surface area contributed by atoms with Crippen LogP contribution in [0.2, 0.25) is 0 Å². The van der Waals surface area contributed by atoms with Crippen molar-refractivity contribution in [1.29, 1.82) is 0 Å². The number of fused-ring (bicyclic) bond motifs is 3. The number of rotatable bonds is 5. The van der Waals surface area contributed by atoms with E-state index in [0.717, 1.165) is 34.8 Å². The number of nitro groups is 1. The lowest BCUT2D eigenvalue weighted by atomic mass is 9.96. The van der Waals surface area contributed by atoms with E-state index in [0.29, 0.717) is 12.2 Å². The van der Waals surface area contributed by atoms with Crippen molar-refractivity contribution in [2.24, 2.45) is 5.10 Å². The number of para-hydroxylation sites is 1. The van der Waals surface area contributed by atoms with Gasteiger partial charge in [-0.1, -0.05) is 30.3 Å². The van der Waals surface area contributed by atoms with Gasteiger partial charge in [-0.05, 0) is 42.8 Å². The fraction of sp³-hybridized carbons (Fsp3) is 0.208. The highest BCUT2D eigenvalue weighted by molar-refractivity contribution is 6.02. The first-order chi connectivity index (χ1) is 15.1. The van der Waals surface area contributed by atoms with E-state index >= 15 is 0 Å². The first-order valence-corrected chi connectivity index (χ1v) is 10.2. The molecule has 156 valence electrons. The number of nitro benzene ring substituents is 1. The zero-order valence-electron chi connectivity index (χ0n) is 17.0. The molecular formula is C24H21N3O4. The van der Waals surface area contributed by atoms with E-state index < -0.39 is 11.2 Å². The van der Waals surface area contributed by atoms with E-state index in [-0.39, 0.29) is 11.7 Å². The van der Waals surface area contributed by atoms with Crippen LogP contribution in [0.4, 0.5) is 5.69 Å². The van der Waals surface area contributed by atoms with Gasteiger partial charge in [-0.25, -0.2) is 5.01 Å². The fourth-order valence-corrected chi connectivity index (χ4v) is 4.13. The molecule has 0 bridgehead atoms. The number of hydrazone groups is 1. The topological polar surface area (TPSA) is 77.2 Å². The Hall–Kier alpha value is -3.87. The van der Waals surface area contributed by atoms with E-state index in [9.17, 15) is 10.1 Å². The van der Waals surface area contributed by atoms with Gasteiger partial charge in [0, 0.05) is 29.7 Å². The van der Waals surface area contributed by atoms with Crippen molar-refractivity contribution in [3.63, 3.8) is 0 Å². The predicted molar refractivity (Wildman–Crippen MR) is 116 cm³/mol. The lowest BCUT2D eigenvalue weighted by molar-refractivity contribution is -0.385. The molecule has 2 aliphatic heterocycles. The minimum atomic E-state index is -0.542. The highest BCUT2D eigenvalue weighted by atomic mass is 16.6. The summed E-state index contributed by atoms with van der Waals surface area (Å²) in [6.45, 7) is 2.58. The van der Waals surface area contributed by atoms with Gasteiger partial charge in [0.1, 0.15) is 11.5 Å². The Bertz CT molecular complexity index is 1160. The van der Waals surface area contributed by atoms with E-state index in [1.165, 1.54) is 6.07 Å². The molecule has 31 heavy (non-hydrogen) atoms. The average Bonchev–Trinajstić information content (AvgIpc) is 3.25. The van der Waals surface area contributed by atoms with Crippen LogP contribution in [0, 0.1) is 10.1 Å². The molecule has 0 radical (unpaired) electrons. The lowest BCUT2D eigenvalue weighted by Gasteiger charge is -2.38. The summed E-state index contributed by atoms with van der Waals surface area (Å²) in [5, 5.41) is 18.1. The summed E-state index contributed by atoms with van der Waals surface area (Å²) in [4.78, 5) is 10.9. The fourth-order valence-electron chi connectivity index (χ4n) is 4.13. The van der Waals surface area contributed by atoms with Crippen LogP contribution in [0.5, 0.6) is 11.5 Å². The Kier molecular flexibility index (Phi) is 4.78. The van der Waals surface area contributed by atoms with Gasteiger partial charge in [-0.15, -0.1) is 0 Å². The Morgan fingerprint density at radius 2 is 1.94 bits per heavy atom. The van der Waals surface area contributed by atoms with Gasteiger partial charge >= 0.3 is 0 Å². The van der Waals surface area contributed by atoms with Crippen LogP contribution in [0.1, 0.15) is 42.3 Å². The summed E-state index contributed by atoms with van der Waals surface area (Å²) in [5.74, 6) is 1.61. The molecule has 2 aliphatic rings. The van der Waals surface area contributed by atoms with Crippen LogP contribution < -0.4 is 9.47 Å². The molecule has 0 amide bonds. The van der Waals surface area contributed by atoms with Crippen molar-refractivity contribution >= 4 is 11.4 Å². The molecule has 3 aromatic carbocycles.